The molecule has 0 saturated heterocycles. The Labute approximate surface area is 187 Å². The minimum atomic E-state index is -1.11. The molecule has 2 heterocycles. The second-order valence-electron chi connectivity index (χ2n) is 6.64. The number of amides is 1. The molecule has 0 aliphatic rings. The van der Waals surface area contributed by atoms with Crippen LogP contribution in [0, 0.1) is 0 Å². The predicted octanol–water partition coefficient (Wildman–Crippen LogP) is 5.21. The molecule has 0 fully saturated rings. The van der Waals surface area contributed by atoms with E-state index in [2.05, 4.69) is 10.5 Å². The van der Waals surface area contributed by atoms with Crippen LogP contribution in [-0.4, -0.2) is 29.8 Å². The van der Waals surface area contributed by atoms with Crippen molar-refractivity contribution in [2.24, 2.45) is 5.10 Å². The van der Waals surface area contributed by atoms with Gasteiger partial charge < -0.3 is 18.7 Å². The van der Waals surface area contributed by atoms with Crippen LogP contribution in [0.25, 0.3) is 22.3 Å². The number of rotatable bonds is 7. The Morgan fingerprint density at radius 3 is 2.72 bits per heavy atom. The van der Waals surface area contributed by atoms with E-state index in [1.54, 1.807) is 42.5 Å². The van der Waals surface area contributed by atoms with Crippen LogP contribution in [0.2, 0.25) is 5.02 Å². The molecule has 1 amide bonds. The number of fused-ring (bicyclic) bond motifs is 1. The molecule has 162 valence electrons. The van der Waals surface area contributed by atoms with Crippen LogP contribution in [0.4, 0.5) is 0 Å². The third-order valence-corrected chi connectivity index (χ3v) is 4.80. The van der Waals surface area contributed by atoms with Crippen LogP contribution in [0.1, 0.15) is 33.6 Å². The van der Waals surface area contributed by atoms with Crippen molar-refractivity contribution >= 4 is 40.7 Å². The zero-order valence-electron chi connectivity index (χ0n) is 16.8. The summed E-state index contributed by atoms with van der Waals surface area (Å²) in [5.74, 6) is 0.0306. The number of carbonyl (C=O) groups excluding carboxylic acids is 1. The number of furan rings is 2. The fraction of sp³-hybridized carbons (Fsp3) is 0.0870. The summed E-state index contributed by atoms with van der Waals surface area (Å²) in [6.07, 6.45) is 1.34. The molecule has 2 N–H and O–H groups in total. The molecule has 32 heavy (non-hydrogen) atoms. The van der Waals surface area contributed by atoms with E-state index in [0.29, 0.717) is 35.0 Å². The summed E-state index contributed by atoms with van der Waals surface area (Å²) >= 11 is 6.00. The van der Waals surface area contributed by atoms with Gasteiger partial charge >= 0.3 is 11.9 Å². The zero-order chi connectivity index (χ0) is 22.7. The lowest BCUT2D eigenvalue weighted by Gasteiger charge is -2.01. The molecule has 4 aromatic rings. The number of carboxylic acids is 1. The number of nitrogens with one attached hydrogen (secondary N) is 1. The van der Waals surface area contributed by atoms with E-state index in [1.807, 2.05) is 6.92 Å². The Bertz CT molecular complexity index is 1340. The molecule has 0 spiro atoms. The largest absolute Gasteiger partial charge is 0.494 e. The number of halogens is 1. The quantitative estimate of drug-likeness (QED) is 0.294. The molecule has 9 heteroatoms. The Hall–Kier alpha value is -4.04. The van der Waals surface area contributed by atoms with Gasteiger partial charge in [0.05, 0.1) is 23.4 Å². The number of hydrogen-bond acceptors (Lipinski definition) is 6. The zero-order valence-corrected chi connectivity index (χ0v) is 17.6. The molecule has 0 saturated carbocycles. The van der Waals surface area contributed by atoms with Gasteiger partial charge in [0.1, 0.15) is 22.9 Å². The van der Waals surface area contributed by atoms with Gasteiger partial charge in [-0.25, -0.2) is 10.2 Å². The predicted molar refractivity (Wildman–Crippen MR) is 119 cm³/mol. The minimum Gasteiger partial charge on any atom is -0.494 e. The number of benzene rings is 2. The molecular weight excluding hydrogens is 436 g/mol. The number of carbonyl (C=O) groups is 2. The monoisotopic (exact) mass is 452 g/mol. The summed E-state index contributed by atoms with van der Waals surface area (Å²) in [5, 5.41) is 13.8. The van der Waals surface area contributed by atoms with Crippen LogP contribution in [0.5, 0.6) is 5.75 Å². The minimum absolute atomic E-state index is 0.00571. The Morgan fingerprint density at radius 1 is 1.12 bits per heavy atom. The molecule has 0 bridgehead atoms. The van der Waals surface area contributed by atoms with E-state index in [9.17, 15) is 9.59 Å². The van der Waals surface area contributed by atoms with Gasteiger partial charge in [0.2, 0.25) is 0 Å². The highest BCUT2D eigenvalue weighted by atomic mass is 35.5. The van der Waals surface area contributed by atoms with Gasteiger partial charge in [-0.3, -0.25) is 4.79 Å². The van der Waals surface area contributed by atoms with Crippen molar-refractivity contribution in [2.45, 2.75) is 6.92 Å². The Morgan fingerprint density at radius 2 is 1.97 bits per heavy atom. The fourth-order valence-corrected chi connectivity index (χ4v) is 3.28. The van der Waals surface area contributed by atoms with Crippen molar-refractivity contribution in [3.05, 3.63) is 76.7 Å². The van der Waals surface area contributed by atoms with Crippen molar-refractivity contribution < 1.29 is 28.3 Å². The third-order valence-electron chi connectivity index (χ3n) is 4.49. The second kappa shape index (κ2) is 8.99. The van der Waals surface area contributed by atoms with Crippen LogP contribution in [0.3, 0.4) is 0 Å². The first kappa shape index (κ1) is 21.2. The smallest absolute Gasteiger partial charge is 0.337 e. The average Bonchev–Trinajstić information content (AvgIpc) is 3.40. The lowest BCUT2D eigenvalue weighted by Crippen LogP contribution is -2.16. The average molecular weight is 453 g/mol. The Balaban J connectivity index is 1.43. The molecular formula is C23H17ClN2O6. The van der Waals surface area contributed by atoms with Crippen molar-refractivity contribution in [3.63, 3.8) is 0 Å². The first-order chi connectivity index (χ1) is 15.4. The highest BCUT2D eigenvalue weighted by Gasteiger charge is 2.13. The lowest BCUT2D eigenvalue weighted by molar-refractivity contribution is 0.0696. The maximum Gasteiger partial charge on any atom is 0.337 e. The van der Waals surface area contributed by atoms with E-state index >= 15 is 0 Å². The van der Waals surface area contributed by atoms with E-state index in [0.717, 1.165) is 5.39 Å². The highest BCUT2D eigenvalue weighted by Crippen LogP contribution is 2.27. The van der Waals surface area contributed by atoms with E-state index in [1.165, 1.54) is 18.3 Å². The molecule has 8 nitrogen and oxygen atoms in total. The number of aromatic carboxylic acids is 1. The number of carboxylic acid groups (broad SMARTS) is 1. The number of nitrogens with zero attached hydrogens (tertiary/aromatic N) is 1. The standard InChI is InChI=1S/C23H17ClN2O6/c1-2-30-15-4-7-20-14(9-15)11-21(32-20)22(27)26-25-12-16-5-8-19(31-16)13-3-6-17(23(28)29)18(24)10-13/h3-12H,2H2,1H3,(H,26,27)(H,28,29)/b25-12+. The van der Waals surface area contributed by atoms with E-state index in [-0.39, 0.29) is 16.3 Å². The molecule has 0 radical (unpaired) electrons. The molecule has 2 aromatic carbocycles. The van der Waals surface area contributed by atoms with Crippen molar-refractivity contribution in [1.82, 2.24) is 5.43 Å². The van der Waals surface area contributed by atoms with Crippen LogP contribution >= 0.6 is 11.6 Å². The van der Waals surface area contributed by atoms with Gasteiger partial charge in [0.15, 0.2) is 5.76 Å². The van der Waals surface area contributed by atoms with Crippen molar-refractivity contribution in [3.8, 4) is 17.1 Å². The summed E-state index contributed by atoms with van der Waals surface area (Å²) in [7, 11) is 0. The Kier molecular flexibility index (Phi) is 5.96. The summed E-state index contributed by atoms with van der Waals surface area (Å²) in [5.41, 5.74) is 3.56. The van der Waals surface area contributed by atoms with E-state index < -0.39 is 11.9 Å². The lowest BCUT2D eigenvalue weighted by atomic mass is 10.1. The van der Waals surface area contributed by atoms with Gasteiger partial charge in [-0.2, -0.15) is 5.10 Å². The fourth-order valence-electron chi connectivity index (χ4n) is 3.02. The highest BCUT2D eigenvalue weighted by molar-refractivity contribution is 6.33. The maximum atomic E-state index is 12.3. The first-order valence-electron chi connectivity index (χ1n) is 9.57. The number of ether oxygens (including phenoxy) is 1. The molecule has 0 atom stereocenters. The number of hydrazone groups is 1. The van der Waals surface area contributed by atoms with Crippen LogP contribution in [-0.2, 0) is 0 Å². The number of hydrogen-bond donors (Lipinski definition) is 2. The van der Waals surface area contributed by atoms with Crippen molar-refractivity contribution in [2.75, 3.05) is 6.61 Å². The van der Waals surface area contributed by atoms with Gasteiger partial charge in [0.25, 0.3) is 0 Å². The van der Waals surface area contributed by atoms with E-state index in [4.69, 9.17) is 30.3 Å². The first-order valence-corrected chi connectivity index (χ1v) is 9.95. The van der Waals surface area contributed by atoms with Gasteiger partial charge in [-0.1, -0.05) is 17.7 Å². The summed E-state index contributed by atoms with van der Waals surface area (Å²) < 4.78 is 16.6. The maximum absolute atomic E-state index is 12.3. The van der Waals surface area contributed by atoms with Crippen molar-refractivity contribution in [1.29, 1.82) is 0 Å². The summed E-state index contributed by atoms with van der Waals surface area (Å²) in [4.78, 5) is 23.4. The molecule has 4 rings (SSSR count). The van der Waals surface area contributed by atoms with Gasteiger partial charge in [-0.15, -0.1) is 0 Å². The molecule has 0 aliphatic heterocycles. The normalized spacial score (nSPS) is 11.2. The summed E-state index contributed by atoms with van der Waals surface area (Å²) in [6, 6.07) is 14.7. The SMILES string of the molecule is CCOc1ccc2oc(C(=O)N/N=C/c3ccc(-c4ccc(C(=O)O)c(Cl)c4)o3)cc2c1. The van der Waals surface area contributed by atoms with Gasteiger partial charge in [-0.05, 0) is 55.5 Å². The molecule has 0 aliphatic carbocycles. The van der Waals surface area contributed by atoms with Crippen LogP contribution in [0.15, 0.2) is 68.5 Å². The third kappa shape index (κ3) is 4.50. The topological polar surface area (TPSA) is 114 Å². The van der Waals surface area contributed by atoms with Crippen LogP contribution < -0.4 is 10.2 Å². The molecule has 0 unspecified atom stereocenters. The molecule has 2 aromatic heterocycles. The second-order valence-corrected chi connectivity index (χ2v) is 7.05. The summed E-state index contributed by atoms with van der Waals surface area (Å²) in [6.45, 7) is 2.43. The van der Waals surface area contributed by atoms with Gasteiger partial charge in [0, 0.05) is 10.9 Å².